The molecule has 0 radical (unpaired) electrons. The van der Waals surface area contributed by atoms with E-state index in [1.807, 2.05) is 42.6 Å². The summed E-state index contributed by atoms with van der Waals surface area (Å²) < 4.78 is 0. The Hall–Kier alpha value is -1.96. The predicted molar refractivity (Wildman–Crippen MR) is 63.5 cm³/mol. The van der Waals surface area contributed by atoms with Gasteiger partial charge in [0.2, 0.25) is 0 Å². The van der Waals surface area contributed by atoms with E-state index in [4.69, 9.17) is 0 Å². The van der Waals surface area contributed by atoms with E-state index in [0.29, 0.717) is 0 Å². The smallest absolute Gasteiger partial charge is 0.159 e. The molecule has 0 amide bonds. The summed E-state index contributed by atoms with van der Waals surface area (Å²) in [7, 11) is 0. The maximum Gasteiger partial charge on any atom is 0.159 e. The lowest BCUT2D eigenvalue weighted by Gasteiger charge is -2.02. The summed E-state index contributed by atoms with van der Waals surface area (Å²) in [5.74, 6) is 0.105. The number of ketones is 1. The van der Waals surface area contributed by atoms with Crippen molar-refractivity contribution < 1.29 is 4.79 Å². The number of benzene rings is 1. The second-order valence-corrected chi connectivity index (χ2v) is 3.79. The summed E-state index contributed by atoms with van der Waals surface area (Å²) in [6.07, 6.45) is 4.48. The molecule has 0 saturated carbocycles. The molecule has 80 valence electrons. The molecular weight excluding hydrogens is 198 g/mol. The molecule has 16 heavy (non-hydrogen) atoms. The van der Waals surface area contributed by atoms with E-state index in [2.05, 4.69) is 4.98 Å². The van der Waals surface area contributed by atoms with Gasteiger partial charge in [-0.3, -0.25) is 9.78 Å². The average Bonchev–Trinajstić information content (AvgIpc) is 2.31. The molecule has 1 aromatic heterocycles. The van der Waals surface area contributed by atoms with Crippen LogP contribution in [0.5, 0.6) is 0 Å². The third-order valence-corrected chi connectivity index (χ3v) is 2.49. The molecule has 0 aliphatic heterocycles. The Kier molecular flexibility index (Phi) is 3.10. The predicted octanol–water partition coefficient (Wildman–Crippen LogP) is 2.88. The van der Waals surface area contributed by atoms with Crippen molar-refractivity contribution in [3.8, 4) is 0 Å². The van der Waals surface area contributed by atoms with Gasteiger partial charge in [-0.2, -0.15) is 0 Å². The van der Waals surface area contributed by atoms with Crippen LogP contribution in [0.2, 0.25) is 0 Å². The second-order valence-electron chi connectivity index (χ2n) is 3.79. The summed E-state index contributed by atoms with van der Waals surface area (Å²) >= 11 is 0. The largest absolute Gasteiger partial charge is 0.295 e. The number of Topliss-reactive ketones (excluding diaryl/α,β-unsaturated/α-hetero) is 1. The first kappa shape index (κ1) is 10.6. The normalized spacial score (nSPS) is 10.1. The van der Waals surface area contributed by atoms with Crippen LogP contribution in [0.25, 0.3) is 0 Å². The number of aromatic nitrogens is 1. The highest BCUT2D eigenvalue weighted by Gasteiger charge is 1.99. The van der Waals surface area contributed by atoms with Crippen molar-refractivity contribution in [3.63, 3.8) is 0 Å². The molecule has 0 fully saturated rings. The van der Waals surface area contributed by atoms with Gasteiger partial charge in [-0.05, 0) is 30.5 Å². The first-order valence-corrected chi connectivity index (χ1v) is 5.24. The minimum atomic E-state index is 0.105. The van der Waals surface area contributed by atoms with Crippen LogP contribution in [0.3, 0.4) is 0 Å². The van der Waals surface area contributed by atoms with Crippen molar-refractivity contribution in [3.05, 3.63) is 65.5 Å². The maximum atomic E-state index is 11.1. The number of pyridine rings is 1. The SMILES string of the molecule is CC(=O)c1ccc(Cc2cccnc2)cc1. The van der Waals surface area contributed by atoms with Gasteiger partial charge in [0.05, 0.1) is 0 Å². The van der Waals surface area contributed by atoms with Gasteiger partial charge in [-0.1, -0.05) is 30.3 Å². The summed E-state index contributed by atoms with van der Waals surface area (Å²) in [6.45, 7) is 1.58. The second kappa shape index (κ2) is 4.71. The molecular formula is C14H13NO. The molecule has 0 aliphatic carbocycles. The molecule has 1 heterocycles. The molecule has 0 bridgehead atoms. The molecule has 2 rings (SSSR count). The Labute approximate surface area is 95.0 Å². The van der Waals surface area contributed by atoms with Gasteiger partial charge in [-0.15, -0.1) is 0 Å². The topological polar surface area (TPSA) is 30.0 Å². The van der Waals surface area contributed by atoms with Crippen LogP contribution in [0.15, 0.2) is 48.8 Å². The molecule has 0 atom stereocenters. The van der Waals surface area contributed by atoms with Crippen molar-refractivity contribution in [1.29, 1.82) is 0 Å². The lowest BCUT2D eigenvalue weighted by atomic mass is 10.0. The molecule has 0 aliphatic rings. The number of hydrogen-bond acceptors (Lipinski definition) is 2. The fourth-order valence-corrected chi connectivity index (χ4v) is 1.60. The van der Waals surface area contributed by atoms with E-state index in [9.17, 15) is 4.79 Å². The number of nitrogens with zero attached hydrogens (tertiary/aromatic N) is 1. The Morgan fingerprint density at radius 1 is 1.12 bits per heavy atom. The molecule has 0 spiro atoms. The highest BCUT2D eigenvalue weighted by molar-refractivity contribution is 5.94. The summed E-state index contributed by atoms with van der Waals surface area (Å²) in [5, 5.41) is 0. The van der Waals surface area contributed by atoms with E-state index in [1.54, 1.807) is 13.1 Å². The zero-order chi connectivity index (χ0) is 11.4. The summed E-state index contributed by atoms with van der Waals surface area (Å²) in [4.78, 5) is 15.2. The lowest BCUT2D eigenvalue weighted by molar-refractivity contribution is 0.101. The number of hydrogen-bond donors (Lipinski definition) is 0. The highest BCUT2D eigenvalue weighted by Crippen LogP contribution is 2.10. The van der Waals surface area contributed by atoms with Crippen LogP contribution < -0.4 is 0 Å². The fourth-order valence-electron chi connectivity index (χ4n) is 1.60. The third-order valence-electron chi connectivity index (χ3n) is 2.49. The van der Waals surface area contributed by atoms with Crippen LogP contribution in [0.1, 0.15) is 28.4 Å². The maximum absolute atomic E-state index is 11.1. The van der Waals surface area contributed by atoms with Crippen molar-refractivity contribution >= 4 is 5.78 Å². The van der Waals surface area contributed by atoms with E-state index in [-0.39, 0.29) is 5.78 Å². The number of carbonyl (C=O) groups excluding carboxylic acids is 1. The van der Waals surface area contributed by atoms with E-state index in [1.165, 1.54) is 11.1 Å². The van der Waals surface area contributed by atoms with Gasteiger partial charge >= 0.3 is 0 Å². The molecule has 2 aromatic rings. The van der Waals surface area contributed by atoms with Crippen molar-refractivity contribution in [2.75, 3.05) is 0 Å². The van der Waals surface area contributed by atoms with E-state index >= 15 is 0 Å². The Balaban J connectivity index is 2.14. The van der Waals surface area contributed by atoms with E-state index in [0.717, 1.165) is 12.0 Å². The standard InChI is InChI=1S/C14H13NO/c1-11(16)14-6-4-12(5-7-14)9-13-3-2-8-15-10-13/h2-8,10H,9H2,1H3. The molecule has 0 N–H and O–H groups in total. The molecule has 2 heteroatoms. The molecule has 2 nitrogen and oxygen atoms in total. The summed E-state index contributed by atoms with van der Waals surface area (Å²) in [5.41, 5.74) is 3.13. The summed E-state index contributed by atoms with van der Waals surface area (Å²) in [6, 6.07) is 11.7. The van der Waals surface area contributed by atoms with Crippen LogP contribution in [-0.4, -0.2) is 10.8 Å². The quantitative estimate of drug-likeness (QED) is 0.731. The monoisotopic (exact) mass is 211 g/mol. The highest BCUT2D eigenvalue weighted by atomic mass is 16.1. The van der Waals surface area contributed by atoms with Crippen LogP contribution in [0, 0.1) is 0 Å². The van der Waals surface area contributed by atoms with Gasteiger partial charge in [0, 0.05) is 18.0 Å². The van der Waals surface area contributed by atoms with Crippen molar-refractivity contribution in [1.82, 2.24) is 4.98 Å². The third kappa shape index (κ3) is 2.54. The van der Waals surface area contributed by atoms with Gasteiger partial charge in [0.15, 0.2) is 5.78 Å². The Morgan fingerprint density at radius 2 is 1.88 bits per heavy atom. The Morgan fingerprint density at radius 3 is 2.44 bits per heavy atom. The van der Waals surface area contributed by atoms with Crippen LogP contribution in [-0.2, 0) is 6.42 Å². The van der Waals surface area contributed by atoms with Gasteiger partial charge < -0.3 is 0 Å². The average molecular weight is 211 g/mol. The van der Waals surface area contributed by atoms with Crippen LogP contribution >= 0.6 is 0 Å². The Bertz CT molecular complexity index is 474. The fraction of sp³-hybridized carbons (Fsp3) is 0.143. The van der Waals surface area contributed by atoms with Crippen LogP contribution in [0.4, 0.5) is 0 Å². The number of carbonyl (C=O) groups is 1. The van der Waals surface area contributed by atoms with Gasteiger partial charge in [0.25, 0.3) is 0 Å². The minimum absolute atomic E-state index is 0.105. The zero-order valence-electron chi connectivity index (χ0n) is 9.18. The van der Waals surface area contributed by atoms with Gasteiger partial charge in [0.1, 0.15) is 0 Å². The molecule has 0 unspecified atom stereocenters. The van der Waals surface area contributed by atoms with E-state index < -0.39 is 0 Å². The zero-order valence-corrected chi connectivity index (χ0v) is 9.18. The lowest BCUT2D eigenvalue weighted by Crippen LogP contribution is -1.93. The molecule has 1 aromatic carbocycles. The first-order valence-electron chi connectivity index (χ1n) is 5.24. The van der Waals surface area contributed by atoms with Crippen molar-refractivity contribution in [2.45, 2.75) is 13.3 Å². The molecule has 0 saturated heterocycles. The first-order chi connectivity index (χ1) is 7.75. The number of rotatable bonds is 3. The van der Waals surface area contributed by atoms with Crippen molar-refractivity contribution in [2.24, 2.45) is 0 Å². The van der Waals surface area contributed by atoms with Gasteiger partial charge in [-0.25, -0.2) is 0 Å². The minimum Gasteiger partial charge on any atom is -0.295 e.